The van der Waals surface area contributed by atoms with Crippen LogP contribution in [-0.2, 0) is 0 Å². The monoisotopic (exact) mass is 450 g/mol. The minimum atomic E-state index is -0.219. The SMILES string of the molecule is O=c1/c(=C/c2ccc(-c3cccc(Br)c3)o2)sc2nc(-c3cccnc3)nn12. The van der Waals surface area contributed by atoms with Gasteiger partial charge in [0, 0.05) is 34.1 Å². The number of fused-ring (bicyclic) bond motifs is 1. The molecule has 136 valence electrons. The number of hydrogen-bond donors (Lipinski definition) is 0. The third-order valence-corrected chi connectivity index (χ3v) is 5.56. The fraction of sp³-hybridized carbons (Fsp3) is 0. The second-order valence-corrected chi connectivity index (χ2v) is 7.92. The van der Waals surface area contributed by atoms with Crippen LogP contribution in [0.1, 0.15) is 5.76 Å². The van der Waals surface area contributed by atoms with Crippen molar-refractivity contribution in [3.63, 3.8) is 0 Å². The average Bonchev–Trinajstić information content (AvgIpc) is 3.41. The quantitative estimate of drug-likeness (QED) is 0.418. The summed E-state index contributed by atoms with van der Waals surface area (Å²) in [5, 5.41) is 4.31. The first kappa shape index (κ1) is 17.0. The number of aromatic nitrogens is 4. The summed E-state index contributed by atoms with van der Waals surface area (Å²) in [5.41, 5.74) is 1.51. The highest BCUT2D eigenvalue weighted by Crippen LogP contribution is 2.25. The first-order valence-corrected chi connectivity index (χ1v) is 9.96. The molecular formula is C20H11BrN4O2S. The summed E-state index contributed by atoms with van der Waals surface area (Å²) in [6, 6.07) is 15.2. The van der Waals surface area contributed by atoms with Crippen molar-refractivity contribution in [2.24, 2.45) is 0 Å². The zero-order valence-corrected chi connectivity index (χ0v) is 16.6. The Balaban J connectivity index is 1.53. The number of halogens is 1. The Morgan fingerprint density at radius 3 is 2.79 bits per heavy atom. The molecule has 28 heavy (non-hydrogen) atoms. The molecule has 0 N–H and O–H groups in total. The molecule has 0 saturated heterocycles. The summed E-state index contributed by atoms with van der Waals surface area (Å²) in [4.78, 5) is 21.7. The maximum atomic E-state index is 12.7. The van der Waals surface area contributed by atoms with Gasteiger partial charge in [-0.1, -0.05) is 39.4 Å². The Labute approximate surface area is 170 Å². The van der Waals surface area contributed by atoms with Crippen LogP contribution in [0.2, 0.25) is 0 Å². The van der Waals surface area contributed by atoms with Gasteiger partial charge in [-0.3, -0.25) is 9.78 Å². The zero-order valence-electron chi connectivity index (χ0n) is 14.2. The molecule has 0 fully saturated rings. The highest BCUT2D eigenvalue weighted by molar-refractivity contribution is 9.10. The maximum absolute atomic E-state index is 12.7. The first-order valence-electron chi connectivity index (χ1n) is 8.35. The van der Waals surface area contributed by atoms with E-state index in [1.54, 1.807) is 18.5 Å². The van der Waals surface area contributed by atoms with Crippen molar-refractivity contribution in [3.05, 3.63) is 86.0 Å². The van der Waals surface area contributed by atoms with Crippen molar-refractivity contribution in [2.45, 2.75) is 0 Å². The second kappa shape index (κ2) is 6.81. The molecule has 0 amide bonds. The minimum absolute atomic E-state index is 0.219. The van der Waals surface area contributed by atoms with Crippen LogP contribution in [0.5, 0.6) is 0 Å². The Bertz CT molecular complexity index is 1410. The zero-order chi connectivity index (χ0) is 19.1. The third kappa shape index (κ3) is 3.06. The van der Waals surface area contributed by atoms with Gasteiger partial charge in [-0.15, -0.1) is 5.10 Å². The minimum Gasteiger partial charge on any atom is -0.457 e. The number of nitrogens with zero attached hydrogens (tertiary/aromatic N) is 4. The van der Waals surface area contributed by atoms with Gasteiger partial charge in [0.2, 0.25) is 4.96 Å². The van der Waals surface area contributed by atoms with E-state index in [1.807, 2.05) is 48.5 Å². The molecule has 0 atom stereocenters. The van der Waals surface area contributed by atoms with Crippen LogP contribution in [0.15, 0.2) is 74.6 Å². The van der Waals surface area contributed by atoms with Gasteiger partial charge < -0.3 is 4.42 Å². The summed E-state index contributed by atoms with van der Waals surface area (Å²) in [6.07, 6.45) is 5.07. The van der Waals surface area contributed by atoms with Gasteiger partial charge in [-0.05, 0) is 36.4 Å². The number of rotatable bonds is 3. The van der Waals surface area contributed by atoms with E-state index in [2.05, 4.69) is 31.0 Å². The van der Waals surface area contributed by atoms with E-state index in [-0.39, 0.29) is 5.56 Å². The molecule has 0 saturated carbocycles. The van der Waals surface area contributed by atoms with Gasteiger partial charge >= 0.3 is 0 Å². The van der Waals surface area contributed by atoms with Crippen molar-refractivity contribution in [1.29, 1.82) is 0 Å². The lowest BCUT2D eigenvalue weighted by molar-refractivity contribution is 0.571. The number of pyridine rings is 1. The van der Waals surface area contributed by atoms with Gasteiger partial charge in [0.1, 0.15) is 16.1 Å². The summed E-state index contributed by atoms with van der Waals surface area (Å²) in [5.74, 6) is 1.82. The van der Waals surface area contributed by atoms with Crippen LogP contribution in [0.25, 0.3) is 33.7 Å². The molecule has 0 unspecified atom stereocenters. The van der Waals surface area contributed by atoms with Gasteiger partial charge in [-0.25, -0.2) is 0 Å². The van der Waals surface area contributed by atoms with Crippen molar-refractivity contribution in [1.82, 2.24) is 19.6 Å². The molecule has 0 radical (unpaired) electrons. The number of benzene rings is 1. The lowest BCUT2D eigenvalue weighted by Gasteiger charge is -1.96. The highest BCUT2D eigenvalue weighted by Gasteiger charge is 2.12. The molecule has 0 aliphatic carbocycles. The van der Waals surface area contributed by atoms with E-state index in [4.69, 9.17) is 4.42 Å². The summed E-state index contributed by atoms with van der Waals surface area (Å²) >= 11 is 4.73. The van der Waals surface area contributed by atoms with Crippen LogP contribution in [-0.4, -0.2) is 19.6 Å². The number of furan rings is 1. The van der Waals surface area contributed by atoms with Crippen LogP contribution in [0.3, 0.4) is 0 Å². The molecule has 4 heterocycles. The fourth-order valence-electron chi connectivity index (χ4n) is 2.81. The molecule has 5 rings (SSSR count). The fourth-order valence-corrected chi connectivity index (χ4v) is 4.09. The van der Waals surface area contributed by atoms with Crippen LogP contribution in [0.4, 0.5) is 0 Å². The smallest absolute Gasteiger partial charge is 0.291 e. The van der Waals surface area contributed by atoms with E-state index in [0.717, 1.165) is 21.4 Å². The average molecular weight is 451 g/mol. The molecule has 5 aromatic rings. The largest absolute Gasteiger partial charge is 0.457 e. The van der Waals surface area contributed by atoms with E-state index in [1.165, 1.54) is 15.9 Å². The Kier molecular flexibility index (Phi) is 4.14. The summed E-state index contributed by atoms with van der Waals surface area (Å²) < 4.78 is 8.69. The molecule has 4 aromatic heterocycles. The van der Waals surface area contributed by atoms with Crippen LogP contribution < -0.4 is 10.1 Å². The van der Waals surface area contributed by atoms with Crippen molar-refractivity contribution in [3.8, 4) is 22.7 Å². The Morgan fingerprint density at radius 1 is 1.11 bits per heavy atom. The standard InChI is InChI=1S/C20H11BrN4O2S/c21-14-5-1-3-12(9-14)16-7-6-15(27-16)10-17-19(26)25-20(28-17)23-18(24-25)13-4-2-8-22-11-13/h1-11H/b17-10-. The molecule has 1 aromatic carbocycles. The van der Waals surface area contributed by atoms with E-state index in [9.17, 15) is 4.79 Å². The van der Waals surface area contributed by atoms with Crippen molar-refractivity contribution in [2.75, 3.05) is 0 Å². The summed E-state index contributed by atoms with van der Waals surface area (Å²) in [7, 11) is 0. The van der Waals surface area contributed by atoms with Crippen molar-refractivity contribution >= 4 is 38.3 Å². The molecule has 0 aliphatic heterocycles. The predicted octanol–water partition coefficient (Wildman–Crippen LogP) is 3.78. The van der Waals surface area contributed by atoms with Gasteiger partial charge in [0.15, 0.2) is 5.82 Å². The lowest BCUT2D eigenvalue weighted by Crippen LogP contribution is -2.23. The highest BCUT2D eigenvalue weighted by atomic mass is 79.9. The molecule has 0 spiro atoms. The Morgan fingerprint density at radius 2 is 2.00 bits per heavy atom. The molecule has 6 nitrogen and oxygen atoms in total. The molecule has 0 aliphatic rings. The van der Waals surface area contributed by atoms with E-state index in [0.29, 0.717) is 21.1 Å². The van der Waals surface area contributed by atoms with Crippen LogP contribution >= 0.6 is 27.3 Å². The summed E-state index contributed by atoms with van der Waals surface area (Å²) in [6.45, 7) is 0. The van der Waals surface area contributed by atoms with Crippen LogP contribution in [0, 0.1) is 0 Å². The molecule has 0 bridgehead atoms. The number of hydrogen-bond acceptors (Lipinski definition) is 6. The van der Waals surface area contributed by atoms with E-state index >= 15 is 0 Å². The lowest BCUT2D eigenvalue weighted by atomic mass is 10.2. The van der Waals surface area contributed by atoms with Gasteiger partial charge in [0.25, 0.3) is 5.56 Å². The Hall–Kier alpha value is -3.10. The van der Waals surface area contributed by atoms with Gasteiger partial charge in [0.05, 0.1) is 0 Å². The number of thiazole rings is 1. The van der Waals surface area contributed by atoms with E-state index < -0.39 is 0 Å². The maximum Gasteiger partial charge on any atom is 0.291 e. The first-order chi connectivity index (χ1) is 13.7. The predicted molar refractivity (Wildman–Crippen MR) is 111 cm³/mol. The topological polar surface area (TPSA) is 73.3 Å². The second-order valence-electron chi connectivity index (χ2n) is 6.00. The normalized spacial score (nSPS) is 12.1. The molecule has 8 heteroatoms. The third-order valence-electron chi connectivity index (χ3n) is 4.11. The van der Waals surface area contributed by atoms with Gasteiger partial charge in [-0.2, -0.15) is 9.50 Å². The molecular weight excluding hydrogens is 440 g/mol. The van der Waals surface area contributed by atoms with Crippen molar-refractivity contribution < 1.29 is 4.42 Å².